The quantitative estimate of drug-likeness (QED) is 0.712. The van der Waals surface area contributed by atoms with Crippen LogP contribution < -0.4 is 10.6 Å². The zero-order chi connectivity index (χ0) is 17.1. The second kappa shape index (κ2) is 7.49. The molecule has 2 aromatic rings. The van der Waals surface area contributed by atoms with Crippen LogP contribution in [0.2, 0.25) is 0 Å². The Labute approximate surface area is 155 Å². The maximum absolute atomic E-state index is 12.3. The molecule has 1 aromatic heterocycles. The van der Waals surface area contributed by atoms with Gasteiger partial charge in [0.05, 0.1) is 5.25 Å². The molecule has 3 rings (SSSR count). The molecule has 1 fully saturated rings. The van der Waals surface area contributed by atoms with Crippen LogP contribution in [0.25, 0.3) is 0 Å². The maximum Gasteiger partial charge on any atom is 0.324 e. The first-order valence-corrected chi connectivity index (χ1v) is 9.64. The fourth-order valence-corrected chi connectivity index (χ4v) is 4.48. The lowest BCUT2D eigenvalue weighted by Crippen LogP contribution is -2.38. The number of hydrogen-bond donors (Lipinski definition) is 2. The number of nitrogens with zero attached hydrogens (tertiary/aromatic N) is 3. The van der Waals surface area contributed by atoms with Gasteiger partial charge in [-0.15, -0.1) is 10.2 Å². The Hall–Kier alpha value is -1.65. The maximum atomic E-state index is 12.3. The van der Waals surface area contributed by atoms with Gasteiger partial charge in [-0.3, -0.25) is 9.69 Å². The molecule has 1 aliphatic heterocycles. The number of halogens is 1. The second-order valence-corrected chi connectivity index (χ2v) is 8.47. The largest absolute Gasteiger partial charge is 0.336 e. The number of imide groups is 1. The molecule has 24 heavy (non-hydrogen) atoms. The lowest BCUT2D eigenvalue weighted by atomic mass is 10.3. The molecule has 1 aliphatic rings. The van der Waals surface area contributed by atoms with Gasteiger partial charge in [-0.25, -0.2) is 4.79 Å². The lowest BCUT2D eigenvalue weighted by Gasteiger charge is -2.16. The molecular weight excluding hydrogens is 414 g/mol. The predicted octanol–water partition coefficient (Wildman–Crippen LogP) is 3.08. The number of amides is 3. The van der Waals surface area contributed by atoms with Crippen molar-refractivity contribution < 1.29 is 9.59 Å². The Morgan fingerprint density at radius 3 is 3.04 bits per heavy atom. The fraction of sp³-hybridized carbons (Fsp3) is 0.286. The topological polar surface area (TPSA) is 87.2 Å². The molecule has 0 spiro atoms. The summed E-state index contributed by atoms with van der Waals surface area (Å²) in [5, 5.41) is 14.2. The van der Waals surface area contributed by atoms with E-state index in [1.165, 1.54) is 28.0 Å². The lowest BCUT2D eigenvalue weighted by molar-refractivity contribution is -0.126. The summed E-state index contributed by atoms with van der Waals surface area (Å²) in [7, 11) is 0. The van der Waals surface area contributed by atoms with Crippen molar-refractivity contribution in [3.63, 3.8) is 0 Å². The van der Waals surface area contributed by atoms with Crippen molar-refractivity contribution >= 4 is 61.8 Å². The molecule has 2 heterocycles. The summed E-state index contributed by atoms with van der Waals surface area (Å²) in [4.78, 5) is 25.1. The molecule has 0 saturated carbocycles. The summed E-state index contributed by atoms with van der Waals surface area (Å²) < 4.78 is 1.64. The summed E-state index contributed by atoms with van der Waals surface area (Å²) in [6.45, 7) is 2.68. The van der Waals surface area contributed by atoms with Crippen molar-refractivity contribution in [2.24, 2.45) is 0 Å². The van der Waals surface area contributed by atoms with E-state index < -0.39 is 5.25 Å². The van der Waals surface area contributed by atoms with Crippen LogP contribution in [0.4, 0.5) is 15.6 Å². The molecule has 1 saturated heterocycles. The zero-order valence-electron chi connectivity index (χ0n) is 12.7. The van der Waals surface area contributed by atoms with Gasteiger partial charge in [-0.1, -0.05) is 45.1 Å². The van der Waals surface area contributed by atoms with E-state index in [1.54, 1.807) is 6.92 Å². The Kier molecular flexibility index (Phi) is 5.36. The molecular formula is C14H14BrN5O2S2. The number of thioether (sulfide) groups is 1. The Bertz CT molecular complexity index is 769. The monoisotopic (exact) mass is 427 g/mol. The summed E-state index contributed by atoms with van der Waals surface area (Å²) in [5.74, 6) is -0.216. The minimum atomic E-state index is -0.402. The Morgan fingerprint density at radius 1 is 1.50 bits per heavy atom. The first-order chi connectivity index (χ1) is 11.5. The summed E-state index contributed by atoms with van der Waals surface area (Å²) in [6, 6.07) is 7.39. The molecule has 0 aliphatic carbocycles. The van der Waals surface area contributed by atoms with E-state index in [0.717, 1.165) is 10.2 Å². The number of benzene rings is 1. The van der Waals surface area contributed by atoms with Gasteiger partial charge in [-0.05, 0) is 25.1 Å². The van der Waals surface area contributed by atoms with Crippen molar-refractivity contribution in [3.8, 4) is 0 Å². The third-order valence-electron chi connectivity index (χ3n) is 3.23. The molecule has 0 bridgehead atoms. The molecule has 2 N–H and O–H groups in total. The van der Waals surface area contributed by atoms with Crippen LogP contribution in [0, 0.1) is 0 Å². The van der Waals surface area contributed by atoms with E-state index in [-0.39, 0.29) is 11.9 Å². The van der Waals surface area contributed by atoms with Crippen LogP contribution in [0.1, 0.15) is 6.92 Å². The third-order valence-corrected chi connectivity index (χ3v) is 5.73. The first-order valence-electron chi connectivity index (χ1n) is 7.15. The average Bonchev–Trinajstić information content (AvgIpc) is 3.15. The van der Waals surface area contributed by atoms with Crippen molar-refractivity contribution in [2.45, 2.75) is 16.5 Å². The minimum absolute atomic E-state index is 0.216. The van der Waals surface area contributed by atoms with Gasteiger partial charge in [0.2, 0.25) is 11.0 Å². The predicted molar refractivity (Wildman–Crippen MR) is 97.8 cm³/mol. The Morgan fingerprint density at radius 2 is 2.33 bits per heavy atom. The minimum Gasteiger partial charge on any atom is -0.336 e. The standard InChI is InChI=1S/C14H14BrN5O2S2/c1-8(11(21)20-6-5-16-13(20)22)23-14-19-18-12(24-14)17-10-4-2-3-9(15)7-10/h2-4,7-8H,5-6H2,1H3,(H,16,22)(H,17,18). The fourth-order valence-electron chi connectivity index (χ4n) is 2.10. The summed E-state index contributed by atoms with van der Waals surface area (Å²) in [6.07, 6.45) is 0. The highest BCUT2D eigenvalue weighted by Gasteiger charge is 2.30. The van der Waals surface area contributed by atoms with Crippen LogP contribution in [0.5, 0.6) is 0 Å². The average molecular weight is 428 g/mol. The van der Waals surface area contributed by atoms with Crippen molar-refractivity contribution in [3.05, 3.63) is 28.7 Å². The molecule has 1 aromatic carbocycles. The summed E-state index contributed by atoms with van der Waals surface area (Å²) >= 11 is 6.08. The third kappa shape index (κ3) is 4.05. The van der Waals surface area contributed by atoms with E-state index in [1.807, 2.05) is 24.3 Å². The van der Waals surface area contributed by atoms with Gasteiger partial charge in [0.15, 0.2) is 4.34 Å². The van der Waals surface area contributed by atoms with Crippen LogP contribution in [-0.4, -0.2) is 45.4 Å². The molecule has 0 radical (unpaired) electrons. The van der Waals surface area contributed by atoms with Crippen LogP contribution in [0.3, 0.4) is 0 Å². The smallest absolute Gasteiger partial charge is 0.324 e. The number of aromatic nitrogens is 2. The number of carbonyl (C=O) groups excluding carboxylic acids is 2. The highest BCUT2D eigenvalue weighted by molar-refractivity contribution is 9.10. The van der Waals surface area contributed by atoms with E-state index in [4.69, 9.17) is 0 Å². The molecule has 3 amide bonds. The van der Waals surface area contributed by atoms with Crippen LogP contribution in [0.15, 0.2) is 33.1 Å². The number of nitrogens with one attached hydrogen (secondary N) is 2. The number of carbonyl (C=O) groups is 2. The van der Waals surface area contributed by atoms with Crippen LogP contribution in [-0.2, 0) is 4.79 Å². The van der Waals surface area contributed by atoms with Gasteiger partial charge in [0, 0.05) is 23.2 Å². The number of anilines is 2. The molecule has 126 valence electrons. The van der Waals surface area contributed by atoms with E-state index in [0.29, 0.717) is 22.6 Å². The summed E-state index contributed by atoms with van der Waals surface area (Å²) in [5.41, 5.74) is 0.898. The number of hydrogen-bond acceptors (Lipinski definition) is 7. The Balaban J connectivity index is 1.61. The van der Waals surface area contributed by atoms with Gasteiger partial charge in [0.1, 0.15) is 0 Å². The zero-order valence-corrected chi connectivity index (χ0v) is 15.9. The normalized spacial score (nSPS) is 15.2. The molecule has 1 atom stereocenters. The van der Waals surface area contributed by atoms with Gasteiger partial charge in [-0.2, -0.15) is 0 Å². The second-order valence-electron chi connectivity index (χ2n) is 4.99. The first kappa shape index (κ1) is 17.2. The van der Waals surface area contributed by atoms with Gasteiger partial charge < -0.3 is 10.6 Å². The van der Waals surface area contributed by atoms with Gasteiger partial charge in [0.25, 0.3) is 0 Å². The van der Waals surface area contributed by atoms with Crippen molar-refractivity contribution in [2.75, 3.05) is 18.4 Å². The molecule has 10 heteroatoms. The number of urea groups is 1. The van der Waals surface area contributed by atoms with E-state index >= 15 is 0 Å². The molecule has 1 unspecified atom stereocenters. The number of rotatable bonds is 5. The van der Waals surface area contributed by atoms with Gasteiger partial charge >= 0.3 is 6.03 Å². The highest BCUT2D eigenvalue weighted by atomic mass is 79.9. The SMILES string of the molecule is CC(Sc1nnc(Nc2cccc(Br)c2)s1)C(=O)N1CCNC1=O. The van der Waals surface area contributed by atoms with Crippen molar-refractivity contribution in [1.82, 2.24) is 20.4 Å². The van der Waals surface area contributed by atoms with E-state index in [9.17, 15) is 9.59 Å². The van der Waals surface area contributed by atoms with Crippen LogP contribution >= 0.6 is 39.0 Å². The van der Waals surface area contributed by atoms with Crippen molar-refractivity contribution in [1.29, 1.82) is 0 Å². The molecule has 7 nitrogen and oxygen atoms in total. The highest BCUT2D eigenvalue weighted by Crippen LogP contribution is 2.31. The van der Waals surface area contributed by atoms with E-state index in [2.05, 4.69) is 36.8 Å².